The van der Waals surface area contributed by atoms with Crippen LogP contribution in [0, 0.1) is 0 Å². The maximum atomic E-state index is 11.6. The maximum absolute atomic E-state index is 11.6. The molecule has 2 fully saturated rings. The number of rotatable bonds is 3. The van der Waals surface area contributed by atoms with E-state index in [0.29, 0.717) is 12.1 Å². The molecule has 4 nitrogen and oxygen atoms in total. The first-order valence-corrected chi connectivity index (χ1v) is 5.55. The van der Waals surface area contributed by atoms with Crippen LogP contribution in [-0.4, -0.2) is 28.9 Å². The maximum Gasteiger partial charge on any atom is 0.251 e. The number of carbonyl (C=O) groups is 1. The van der Waals surface area contributed by atoms with E-state index in [1.165, 1.54) is 25.7 Å². The van der Waals surface area contributed by atoms with Gasteiger partial charge in [-0.3, -0.25) is 15.1 Å². The molecule has 2 heterocycles. The van der Waals surface area contributed by atoms with Crippen molar-refractivity contribution in [3.63, 3.8) is 0 Å². The first-order chi connectivity index (χ1) is 6.77. The molecule has 1 unspecified atom stereocenters. The van der Waals surface area contributed by atoms with Crippen LogP contribution in [-0.2, 0) is 4.79 Å². The molecular formula is C10H19N3O. The van der Waals surface area contributed by atoms with Gasteiger partial charge >= 0.3 is 0 Å². The summed E-state index contributed by atoms with van der Waals surface area (Å²) >= 11 is 0. The molecule has 1 atom stereocenters. The van der Waals surface area contributed by atoms with Gasteiger partial charge in [0.25, 0.3) is 5.91 Å². The number of hydrazine groups is 1. The van der Waals surface area contributed by atoms with Gasteiger partial charge in [0.1, 0.15) is 0 Å². The van der Waals surface area contributed by atoms with Crippen molar-refractivity contribution in [3.8, 4) is 0 Å². The molecule has 2 bridgehead atoms. The number of nitrogens with one attached hydrogen (secondary N) is 1. The van der Waals surface area contributed by atoms with Crippen LogP contribution in [0.4, 0.5) is 0 Å². The van der Waals surface area contributed by atoms with Crippen molar-refractivity contribution in [3.05, 3.63) is 0 Å². The summed E-state index contributed by atoms with van der Waals surface area (Å²) in [7, 11) is 0. The van der Waals surface area contributed by atoms with E-state index >= 15 is 0 Å². The molecule has 0 spiro atoms. The van der Waals surface area contributed by atoms with E-state index < -0.39 is 0 Å². The number of amides is 1. The molecule has 0 radical (unpaired) electrons. The Labute approximate surface area is 84.8 Å². The van der Waals surface area contributed by atoms with Crippen molar-refractivity contribution in [2.24, 2.45) is 5.84 Å². The highest BCUT2D eigenvalue weighted by Crippen LogP contribution is 2.39. The monoisotopic (exact) mass is 197 g/mol. The van der Waals surface area contributed by atoms with E-state index in [1.54, 1.807) is 0 Å². The largest absolute Gasteiger partial charge is 0.293 e. The van der Waals surface area contributed by atoms with Gasteiger partial charge in [-0.1, -0.05) is 6.92 Å². The highest BCUT2D eigenvalue weighted by atomic mass is 16.2. The number of nitrogens with zero attached hydrogens (tertiary/aromatic N) is 1. The summed E-state index contributed by atoms with van der Waals surface area (Å²) in [4.78, 5) is 14.0. The fourth-order valence-corrected chi connectivity index (χ4v) is 3.09. The predicted molar refractivity (Wildman–Crippen MR) is 54.3 cm³/mol. The molecule has 2 saturated heterocycles. The Balaban J connectivity index is 2.08. The lowest BCUT2D eigenvalue weighted by Gasteiger charge is -2.29. The Bertz CT molecular complexity index is 211. The smallest absolute Gasteiger partial charge is 0.251 e. The molecule has 2 aliphatic rings. The van der Waals surface area contributed by atoms with Gasteiger partial charge in [-0.25, -0.2) is 5.84 Å². The topological polar surface area (TPSA) is 58.4 Å². The standard InChI is InChI=1S/C10H19N3O/c1-2-9(10(14)12-11)13-7-3-4-8(13)6-5-7/h7-9H,2-6,11H2,1H3,(H,12,14). The third-order valence-corrected chi connectivity index (χ3v) is 3.70. The first kappa shape index (κ1) is 9.93. The normalized spacial score (nSPS) is 33.3. The third kappa shape index (κ3) is 1.42. The van der Waals surface area contributed by atoms with E-state index in [0.717, 1.165) is 6.42 Å². The van der Waals surface area contributed by atoms with Gasteiger partial charge in [0.2, 0.25) is 0 Å². The average Bonchev–Trinajstić information content (AvgIpc) is 2.79. The van der Waals surface area contributed by atoms with Gasteiger partial charge in [-0.05, 0) is 32.1 Å². The van der Waals surface area contributed by atoms with E-state index in [4.69, 9.17) is 5.84 Å². The van der Waals surface area contributed by atoms with Crippen molar-refractivity contribution >= 4 is 5.91 Å². The Morgan fingerprint density at radius 1 is 1.43 bits per heavy atom. The van der Waals surface area contributed by atoms with Crippen molar-refractivity contribution in [1.29, 1.82) is 0 Å². The molecule has 14 heavy (non-hydrogen) atoms. The van der Waals surface area contributed by atoms with Crippen LogP contribution < -0.4 is 11.3 Å². The third-order valence-electron chi connectivity index (χ3n) is 3.70. The van der Waals surface area contributed by atoms with Gasteiger partial charge in [0.15, 0.2) is 0 Å². The Hall–Kier alpha value is -0.610. The Morgan fingerprint density at radius 3 is 2.29 bits per heavy atom. The average molecular weight is 197 g/mol. The molecule has 0 aliphatic carbocycles. The molecule has 1 amide bonds. The molecule has 0 aromatic rings. The zero-order valence-electron chi connectivity index (χ0n) is 8.70. The van der Waals surface area contributed by atoms with Gasteiger partial charge in [-0.15, -0.1) is 0 Å². The van der Waals surface area contributed by atoms with E-state index in [1.807, 2.05) is 0 Å². The lowest BCUT2D eigenvalue weighted by molar-refractivity contribution is -0.127. The van der Waals surface area contributed by atoms with Crippen molar-refractivity contribution in [1.82, 2.24) is 10.3 Å². The van der Waals surface area contributed by atoms with Crippen molar-refractivity contribution in [2.45, 2.75) is 57.2 Å². The second-order valence-corrected chi connectivity index (χ2v) is 4.34. The van der Waals surface area contributed by atoms with Crippen LogP contribution in [0.5, 0.6) is 0 Å². The minimum Gasteiger partial charge on any atom is -0.293 e. The molecular weight excluding hydrogens is 178 g/mol. The van der Waals surface area contributed by atoms with E-state index in [9.17, 15) is 4.79 Å². The second kappa shape index (κ2) is 3.87. The number of carbonyl (C=O) groups excluding carboxylic acids is 1. The van der Waals surface area contributed by atoms with Gasteiger partial charge in [-0.2, -0.15) is 0 Å². The molecule has 0 aromatic heterocycles. The lowest BCUT2D eigenvalue weighted by atomic mass is 10.0. The lowest BCUT2D eigenvalue weighted by Crippen LogP contribution is -2.50. The summed E-state index contributed by atoms with van der Waals surface area (Å²) in [6, 6.07) is 1.28. The summed E-state index contributed by atoms with van der Waals surface area (Å²) in [5.74, 6) is 5.18. The number of hydrogen-bond acceptors (Lipinski definition) is 3. The predicted octanol–water partition coefficient (Wildman–Crippen LogP) is 0.382. The molecule has 4 heteroatoms. The minimum atomic E-state index is -0.0219. The summed E-state index contributed by atoms with van der Waals surface area (Å²) in [5.41, 5.74) is 2.28. The Kier molecular flexibility index (Phi) is 2.74. The van der Waals surface area contributed by atoms with Crippen LogP contribution in [0.3, 0.4) is 0 Å². The van der Waals surface area contributed by atoms with E-state index in [2.05, 4.69) is 17.2 Å². The summed E-state index contributed by atoms with van der Waals surface area (Å²) < 4.78 is 0. The summed E-state index contributed by atoms with van der Waals surface area (Å²) in [6.07, 6.45) is 5.91. The van der Waals surface area contributed by atoms with Crippen LogP contribution in [0.2, 0.25) is 0 Å². The van der Waals surface area contributed by atoms with E-state index in [-0.39, 0.29) is 11.9 Å². The number of hydrogen-bond donors (Lipinski definition) is 2. The van der Waals surface area contributed by atoms with Crippen LogP contribution in [0.25, 0.3) is 0 Å². The highest BCUT2D eigenvalue weighted by molar-refractivity contribution is 5.81. The van der Waals surface area contributed by atoms with Crippen molar-refractivity contribution in [2.75, 3.05) is 0 Å². The van der Waals surface area contributed by atoms with Gasteiger partial charge in [0, 0.05) is 12.1 Å². The van der Waals surface area contributed by atoms with Crippen LogP contribution in [0.1, 0.15) is 39.0 Å². The fraction of sp³-hybridized carbons (Fsp3) is 0.900. The van der Waals surface area contributed by atoms with Gasteiger partial charge < -0.3 is 0 Å². The zero-order chi connectivity index (χ0) is 10.1. The number of nitrogens with two attached hydrogens (primary N) is 1. The van der Waals surface area contributed by atoms with Crippen molar-refractivity contribution < 1.29 is 4.79 Å². The first-order valence-electron chi connectivity index (χ1n) is 5.55. The van der Waals surface area contributed by atoms with Gasteiger partial charge in [0.05, 0.1) is 6.04 Å². The summed E-state index contributed by atoms with van der Waals surface area (Å²) in [5, 5.41) is 0. The van der Waals surface area contributed by atoms with Crippen LogP contribution >= 0.6 is 0 Å². The molecule has 0 aromatic carbocycles. The molecule has 0 saturated carbocycles. The fourth-order valence-electron chi connectivity index (χ4n) is 3.09. The minimum absolute atomic E-state index is 0.000000000000000444. The zero-order valence-corrected chi connectivity index (χ0v) is 8.70. The Morgan fingerprint density at radius 2 is 1.93 bits per heavy atom. The molecule has 2 aliphatic heterocycles. The summed E-state index contributed by atoms with van der Waals surface area (Å²) in [6.45, 7) is 2.05. The molecule has 2 rings (SSSR count). The second-order valence-electron chi connectivity index (χ2n) is 4.34. The molecule has 80 valence electrons. The highest BCUT2D eigenvalue weighted by Gasteiger charge is 2.44. The SMILES string of the molecule is CCC(C(=O)NN)N1C2CCC1CC2. The van der Waals surface area contributed by atoms with Crippen LogP contribution in [0.15, 0.2) is 0 Å². The molecule has 3 N–H and O–H groups in total. The quantitative estimate of drug-likeness (QED) is 0.391. The number of fused-ring (bicyclic) bond motifs is 2.